The highest BCUT2D eigenvalue weighted by Gasteiger charge is 2.26. The normalized spacial score (nSPS) is 29.4. The average Bonchev–Trinajstić information content (AvgIpc) is 2.58. The van der Waals surface area contributed by atoms with Crippen molar-refractivity contribution in [1.82, 2.24) is 0 Å². The third-order valence-electron chi connectivity index (χ3n) is 3.78. The monoisotopic (exact) mass is 184 g/mol. The number of hydrogen-bond acceptors (Lipinski definition) is 0. The molecule has 72 valence electrons. The molecule has 2 atom stereocenters. The van der Waals surface area contributed by atoms with E-state index in [9.17, 15) is 0 Å². The molecular weight excluding hydrogens is 168 g/mol. The highest BCUT2D eigenvalue weighted by Crippen LogP contribution is 2.35. The average molecular weight is 184 g/mol. The van der Waals surface area contributed by atoms with Crippen LogP contribution in [-0.2, 0) is 12.8 Å². The zero-order valence-electron chi connectivity index (χ0n) is 8.45. The summed E-state index contributed by atoms with van der Waals surface area (Å²) in [5, 5.41) is 0. The standard InChI is InChI=1S/C14H16/c1-2-5-13-10-14-7-3-6-12(14)9-8-11(13)4-1/h1-6,12,14H,7-10H2. The van der Waals surface area contributed by atoms with E-state index >= 15 is 0 Å². The van der Waals surface area contributed by atoms with Gasteiger partial charge in [-0.05, 0) is 48.6 Å². The maximum Gasteiger partial charge on any atom is -0.0196 e. The zero-order chi connectivity index (χ0) is 9.38. The smallest absolute Gasteiger partial charge is 0.0196 e. The van der Waals surface area contributed by atoms with E-state index in [0.717, 1.165) is 11.8 Å². The fraction of sp³-hybridized carbons (Fsp3) is 0.429. The Morgan fingerprint density at radius 2 is 1.93 bits per heavy atom. The topological polar surface area (TPSA) is 0 Å². The minimum Gasteiger partial charge on any atom is -0.0879 e. The van der Waals surface area contributed by atoms with Gasteiger partial charge < -0.3 is 0 Å². The fourth-order valence-corrected chi connectivity index (χ4v) is 2.93. The van der Waals surface area contributed by atoms with Crippen molar-refractivity contribution in [2.24, 2.45) is 11.8 Å². The Balaban J connectivity index is 1.94. The number of aryl methyl sites for hydroxylation is 1. The van der Waals surface area contributed by atoms with E-state index < -0.39 is 0 Å². The van der Waals surface area contributed by atoms with Crippen molar-refractivity contribution in [1.29, 1.82) is 0 Å². The lowest BCUT2D eigenvalue weighted by molar-refractivity contribution is 0.413. The maximum atomic E-state index is 2.44. The van der Waals surface area contributed by atoms with Crippen LogP contribution in [0.25, 0.3) is 0 Å². The van der Waals surface area contributed by atoms with Crippen LogP contribution in [-0.4, -0.2) is 0 Å². The van der Waals surface area contributed by atoms with Gasteiger partial charge in [-0.3, -0.25) is 0 Å². The van der Waals surface area contributed by atoms with E-state index in [2.05, 4.69) is 36.4 Å². The minimum atomic E-state index is 0.863. The highest BCUT2D eigenvalue weighted by atomic mass is 14.3. The SMILES string of the molecule is C1=CC2CCc3ccccc3CC2C1. The molecular formula is C14H16. The molecule has 0 nitrogen and oxygen atoms in total. The van der Waals surface area contributed by atoms with Gasteiger partial charge in [-0.25, -0.2) is 0 Å². The lowest BCUT2D eigenvalue weighted by Crippen LogP contribution is -2.08. The van der Waals surface area contributed by atoms with Gasteiger partial charge in [0, 0.05) is 0 Å². The van der Waals surface area contributed by atoms with Crippen molar-refractivity contribution in [3.8, 4) is 0 Å². The molecule has 0 fully saturated rings. The van der Waals surface area contributed by atoms with Crippen LogP contribution in [0.4, 0.5) is 0 Å². The molecule has 14 heavy (non-hydrogen) atoms. The summed E-state index contributed by atoms with van der Waals surface area (Å²) < 4.78 is 0. The first-order chi connectivity index (χ1) is 6.93. The molecule has 0 aliphatic heterocycles. The third kappa shape index (κ3) is 1.30. The van der Waals surface area contributed by atoms with Crippen molar-refractivity contribution in [2.75, 3.05) is 0 Å². The molecule has 0 saturated heterocycles. The lowest BCUT2D eigenvalue weighted by Gasteiger charge is -2.14. The van der Waals surface area contributed by atoms with Crippen LogP contribution in [0.2, 0.25) is 0 Å². The molecule has 0 radical (unpaired) electrons. The van der Waals surface area contributed by atoms with Crippen molar-refractivity contribution < 1.29 is 0 Å². The van der Waals surface area contributed by atoms with Gasteiger partial charge in [-0.1, -0.05) is 36.4 Å². The highest BCUT2D eigenvalue weighted by molar-refractivity contribution is 5.30. The first-order valence-corrected chi connectivity index (χ1v) is 5.67. The number of benzene rings is 1. The molecule has 2 aliphatic rings. The zero-order valence-corrected chi connectivity index (χ0v) is 8.45. The van der Waals surface area contributed by atoms with Gasteiger partial charge in [0.1, 0.15) is 0 Å². The molecule has 1 aromatic rings. The molecule has 0 bridgehead atoms. The predicted molar refractivity (Wildman–Crippen MR) is 59.2 cm³/mol. The Hall–Kier alpha value is -1.04. The summed E-state index contributed by atoms with van der Waals surface area (Å²) in [4.78, 5) is 0. The minimum absolute atomic E-state index is 0.863. The molecule has 0 saturated carbocycles. The van der Waals surface area contributed by atoms with Crippen LogP contribution in [0.1, 0.15) is 24.0 Å². The van der Waals surface area contributed by atoms with Crippen LogP contribution < -0.4 is 0 Å². The summed E-state index contributed by atoms with van der Waals surface area (Å²) in [5.41, 5.74) is 3.19. The molecule has 1 aromatic carbocycles. The summed E-state index contributed by atoms with van der Waals surface area (Å²) in [7, 11) is 0. The van der Waals surface area contributed by atoms with E-state index in [1.807, 2.05) is 0 Å². The Morgan fingerprint density at radius 1 is 1.07 bits per heavy atom. The van der Waals surface area contributed by atoms with Gasteiger partial charge in [0.2, 0.25) is 0 Å². The Labute approximate surface area is 85.6 Å². The van der Waals surface area contributed by atoms with Crippen LogP contribution >= 0.6 is 0 Å². The second kappa shape index (κ2) is 3.27. The molecule has 0 aromatic heterocycles. The maximum absolute atomic E-state index is 2.44. The summed E-state index contributed by atoms with van der Waals surface area (Å²) in [6, 6.07) is 8.98. The van der Waals surface area contributed by atoms with Crippen molar-refractivity contribution in [2.45, 2.75) is 25.7 Å². The lowest BCUT2D eigenvalue weighted by atomic mass is 9.90. The second-order valence-corrected chi connectivity index (χ2v) is 4.60. The Kier molecular flexibility index (Phi) is 1.93. The van der Waals surface area contributed by atoms with Crippen molar-refractivity contribution in [3.63, 3.8) is 0 Å². The predicted octanol–water partition coefficient (Wildman–Crippen LogP) is 3.37. The summed E-state index contributed by atoms with van der Waals surface area (Å²) >= 11 is 0. The summed E-state index contributed by atoms with van der Waals surface area (Å²) in [6.07, 6.45) is 10.1. The van der Waals surface area contributed by atoms with Gasteiger partial charge in [0.25, 0.3) is 0 Å². The molecule has 0 N–H and O–H groups in total. The number of allylic oxidation sites excluding steroid dienone is 2. The molecule has 0 spiro atoms. The van der Waals surface area contributed by atoms with E-state index in [1.165, 1.54) is 25.7 Å². The quantitative estimate of drug-likeness (QED) is 0.542. The number of hydrogen-bond donors (Lipinski definition) is 0. The van der Waals surface area contributed by atoms with Crippen molar-refractivity contribution in [3.05, 3.63) is 47.5 Å². The van der Waals surface area contributed by atoms with Crippen molar-refractivity contribution >= 4 is 0 Å². The Bertz CT molecular complexity index is 362. The van der Waals surface area contributed by atoms with Crippen LogP contribution in [0.3, 0.4) is 0 Å². The van der Waals surface area contributed by atoms with E-state index in [0.29, 0.717) is 0 Å². The molecule has 0 amide bonds. The van der Waals surface area contributed by atoms with Gasteiger partial charge in [-0.15, -0.1) is 0 Å². The first kappa shape index (κ1) is 8.28. The van der Waals surface area contributed by atoms with E-state index in [4.69, 9.17) is 0 Å². The summed E-state index contributed by atoms with van der Waals surface area (Å²) in [6.45, 7) is 0. The number of rotatable bonds is 0. The third-order valence-corrected chi connectivity index (χ3v) is 3.78. The van der Waals surface area contributed by atoms with E-state index in [1.54, 1.807) is 11.1 Å². The van der Waals surface area contributed by atoms with Gasteiger partial charge in [0.05, 0.1) is 0 Å². The van der Waals surface area contributed by atoms with Crippen LogP contribution in [0.5, 0.6) is 0 Å². The first-order valence-electron chi connectivity index (χ1n) is 5.67. The molecule has 3 rings (SSSR count). The molecule has 2 unspecified atom stereocenters. The van der Waals surface area contributed by atoms with Gasteiger partial charge in [-0.2, -0.15) is 0 Å². The van der Waals surface area contributed by atoms with Crippen LogP contribution in [0, 0.1) is 11.8 Å². The Morgan fingerprint density at radius 3 is 2.86 bits per heavy atom. The molecule has 2 aliphatic carbocycles. The summed E-state index contributed by atoms with van der Waals surface area (Å²) in [5.74, 6) is 1.76. The molecule has 0 heterocycles. The van der Waals surface area contributed by atoms with Gasteiger partial charge in [0.15, 0.2) is 0 Å². The second-order valence-electron chi connectivity index (χ2n) is 4.60. The van der Waals surface area contributed by atoms with E-state index in [-0.39, 0.29) is 0 Å². The van der Waals surface area contributed by atoms with Crippen LogP contribution in [0.15, 0.2) is 36.4 Å². The number of fused-ring (bicyclic) bond motifs is 2. The largest absolute Gasteiger partial charge is 0.0879 e. The molecule has 0 heteroatoms. The fourth-order valence-electron chi connectivity index (χ4n) is 2.93. The van der Waals surface area contributed by atoms with Gasteiger partial charge >= 0.3 is 0 Å².